The van der Waals surface area contributed by atoms with Crippen LogP contribution in [0.15, 0.2) is 48.5 Å². The van der Waals surface area contributed by atoms with Crippen molar-refractivity contribution in [3.05, 3.63) is 64.2 Å². The van der Waals surface area contributed by atoms with E-state index in [1.165, 1.54) is 30.3 Å². The zero-order chi connectivity index (χ0) is 16.8. The van der Waals surface area contributed by atoms with Crippen LogP contribution >= 0.6 is 0 Å². The van der Waals surface area contributed by atoms with Gasteiger partial charge in [-0.25, -0.2) is 0 Å². The smallest absolute Gasteiger partial charge is 0.322 e. The second kappa shape index (κ2) is 7.03. The van der Waals surface area contributed by atoms with Gasteiger partial charge in [-0.15, -0.1) is 0 Å². The molecule has 0 aromatic heterocycles. The number of rotatable bonds is 6. The minimum absolute atomic E-state index is 0.0543. The van der Waals surface area contributed by atoms with Crippen molar-refractivity contribution >= 4 is 28.9 Å². The molecule has 0 unspecified atom stereocenters. The number of carbonyl (C=O) groups is 2. The van der Waals surface area contributed by atoms with E-state index >= 15 is 0 Å². The first-order chi connectivity index (χ1) is 11.0. The highest BCUT2D eigenvalue weighted by Crippen LogP contribution is 2.20. The molecular formula is C15H13N3O5. The van der Waals surface area contributed by atoms with Crippen LogP contribution in [0.25, 0.3) is 0 Å². The maximum atomic E-state index is 12.2. The Bertz CT molecular complexity index is 760. The Labute approximate surface area is 130 Å². The van der Waals surface area contributed by atoms with Crippen LogP contribution in [0.3, 0.4) is 0 Å². The van der Waals surface area contributed by atoms with E-state index in [4.69, 9.17) is 5.11 Å². The summed E-state index contributed by atoms with van der Waals surface area (Å²) < 4.78 is 0. The van der Waals surface area contributed by atoms with Gasteiger partial charge in [-0.1, -0.05) is 18.2 Å². The number of hydrogen-bond donors (Lipinski definition) is 3. The van der Waals surface area contributed by atoms with E-state index in [0.29, 0.717) is 11.4 Å². The molecule has 0 heterocycles. The summed E-state index contributed by atoms with van der Waals surface area (Å²) in [5, 5.41) is 24.8. The molecule has 1 amide bonds. The molecule has 0 bridgehead atoms. The molecule has 0 fully saturated rings. The molecule has 2 rings (SSSR count). The molecule has 0 saturated carbocycles. The van der Waals surface area contributed by atoms with Gasteiger partial charge in [0.15, 0.2) is 0 Å². The van der Waals surface area contributed by atoms with E-state index in [-0.39, 0.29) is 17.8 Å². The molecule has 0 aliphatic heterocycles. The highest BCUT2D eigenvalue weighted by molar-refractivity contribution is 6.07. The number of anilines is 2. The van der Waals surface area contributed by atoms with Crippen molar-refractivity contribution in [3.63, 3.8) is 0 Å². The van der Waals surface area contributed by atoms with Crippen molar-refractivity contribution in [1.29, 1.82) is 0 Å². The van der Waals surface area contributed by atoms with Gasteiger partial charge >= 0.3 is 5.97 Å². The lowest BCUT2D eigenvalue weighted by atomic mass is 10.1. The number of nitrogens with one attached hydrogen (secondary N) is 2. The van der Waals surface area contributed by atoms with Gasteiger partial charge in [0.25, 0.3) is 11.6 Å². The quantitative estimate of drug-likeness (QED) is 0.555. The Kier molecular flexibility index (Phi) is 4.88. The Balaban J connectivity index is 2.16. The number of nitrogens with zero attached hydrogens (tertiary/aromatic N) is 1. The number of carbonyl (C=O) groups excluding carboxylic acids is 1. The van der Waals surface area contributed by atoms with Gasteiger partial charge in [0.05, 0.1) is 4.92 Å². The summed E-state index contributed by atoms with van der Waals surface area (Å²) >= 11 is 0. The summed E-state index contributed by atoms with van der Waals surface area (Å²) in [7, 11) is 0. The maximum Gasteiger partial charge on any atom is 0.322 e. The van der Waals surface area contributed by atoms with Gasteiger partial charge in [-0.2, -0.15) is 0 Å². The van der Waals surface area contributed by atoms with Crippen molar-refractivity contribution in [3.8, 4) is 0 Å². The average molecular weight is 315 g/mol. The number of carboxylic acids is 1. The lowest BCUT2D eigenvalue weighted by Crippen LogP contribution is -2.15. The molecule has 8 nitrogen and oxygen atoms in total. The molecule has 2 aromatic rings. The van der Waals surface area contributed by atoms with Crippen molar-refractivity contribution in [1.82, 2.24) is 0 Å². The summed E-state index contributed by atoms with van der Waals surface area (Å²) in [5.41, 5.74) is 0.558. The number of benzene rings is 2. The van der Waals surface area contributed by atoms with E-state index in [0.717, 1.165) is 0 Å². The summed E-state index contributed by atoms with van der Waals surface area (Å²) in [5.74, 6) is -1.63. The van der Waals surface area contributed by atoms with Crippen LogP contribution in [-0.4, -0.2) is 28.5 Å². The third-order valence-electron chi connectivity index (χ3n) is 2.91. The first kappa shape index (κ1) is 16.0. The highest BCUT2D eigenvalue weighted by atomic mass is 16.6. The first-order valence-electron chi connectivity index (χ1n) is 6.58. The summed E-state index contributed by atoms with van der Waals surface area (Å²) in [6.07, 6.45) is 0. The molecule has 0 atom stereocenters. The largest absolute Gasteiger partial charge is 0.480 e. The molecule has 3 N–H and O–H groups in total. The number of para-hydroxylation sites is 1. The van der Waals surface area contributed by atoms with Crippen LogP contribution in [0, 0.1) is 10.1 Å². The van der Waals surface area contributed by atoms with E-state index in [9.17, 15) is 19.7 Å². The monoisotopic (exact) mass is 315 g/mol. The normalized spacial score (nSPS) is 9.91. The topological polar surface area (TPSA) is 122 Å². The van der Waals surface area contributed by atoms with Gasteiger partial charge in [-0.3, -0.25) is 19.7 Å². The molecule has 0 radical (unpaired) electrons. The zero-order valence-corrected chi connectivity index (χ0v) is 11.9. The predicted octanol–water partition coefficient (Wildman–Crippen LogP) is 2.34. The van der Waals surface area contributed by atoms with E-state index < -0.39 is 16.8 Å². The molecule has 0 aliphatic rings. The Morgan fingerprint density at radius 1 is 1.09 bits per heavy atom. The van der Waals surface area contributed by atoms with Crippen LogP contribution < -0.4 is 10.6 Å². The molecule has 0 spiro atoms. The molecule has 118 valence electrons. The Morgan fingerprint density at radius 2 is 1.78 bits per heavy atom. The summed E-state index contributed by atoms with van der Waals surface area (Å²) in [6, 6.07) is 12.0. The van der Waals surface area contributed by atoms with Crippen molar-refractivity contribution in [2.75, 3.05) is 17.2 Å². The molecule has 0 aliphatic carbocycles. The zero-order valence-electron chi connectivity index (χ0n) is 11.9. The summed E-state index contributed by atoms with van der Waals surface area (Å²) in [6.45, 7) is -0.262. The molecular weight excluding hydrogens is 302 g/mol. The minimum atomic E-state index is -1.01. The van der Waals surface area contributed by atoms with E-state index in [1.54, 1.807) is 18.2 Å². The standard InChI is InChI=1S/C15H13N3O5/c19-14(20)9-16-10-4-3-5-11(8-10)17-15(21)12-6-1-2-7-13(12)18(22)23/h1-8,16H,9H2,(H,17,21)(H,19,20). The lowest BCUT2D eigenvalue weighted by molar-refractivity contribution is -0.385. The van der Waals surface area contributed by atoms with Crippen molar-refractivity contribution < 1.29 is 19.6 Å². The number of aliphatic carboxylic acids is 1. The third-order valence-corrected chi connectivity index (χ3v) is 2.91. The van der Waals surface area contributed by atoms with Crippen LogP contribution in [0.4, 0.5) is 17.1 Å². The fourth-order valence-corrected chi connectivity index (χ4v) is 1.91. The van der Waals surface area contributed by atoms with Gasteiger partial charge in [0, 0.05) is 17.4 Å². The van der Waals surface area contributed by atoms with Gasteiger partial charge in [0.1, 0.15) is 12.1 Å². The number of nitro groups is 1. The molecule has 8 heteroatoms. The van der Waals surface area contributed by atoms with Gasteiger partial charge in [-0.05, 0) is 24.3 Å². The second-order valence-electron chi connectivity index (χ2n) is 4.56. The fourth-order valence-electron chi connectivity index (χ4n) is 1.91. The fraction of sp³-hybridized carbons (Fsp3) is 0.0667. The van der Waals surface area contributed by atoms with E-state index in [2.05, 4.69) is 10.6 Å². The van der Waals surface area contributed by atoms with Crippen LogP contribution in [0.1, 0.15) is 10.4 Å². The Hall–Kier alpha value is -3.42. The number of carboxylic acid groups (broad SMARTS) is 1. The van der Waals surface area contributed by atoms with Crippen molar-refractivity contribution in [2.45, 2.75) is 0 Å². The molecule has 0 saturated heterocycles. The van der Waals surface area contributed by atoms with E-state index in [1.807, 2.05) is 0 Å². The average Bonchev–Trinajstić information content (AvgIpc) is 2.53. The van der Waals surface area contributed by atoms with Crippen LogP contribution in [0.5, 0.6) is 0 Å². The van der Waals surface area contributed by atoms with Crippen molar-refractivity contribution in [2.24, 2.45) is 0 Å². The van der Waals surface area contributed by atoms with Crippen LogP contribution in [0.2, 0.25) is 0 Å². The minimum Gasteiger partial charge on any atom is -0.480 e. The van der Waals surface area contributed by atoms with Gasteiger partial charge < -0.3 is 15.7 Å². The number of hydrogen-bond acceptors (Lipinski definition) is 5. The molecule has 23 heavy (non-hydrogen) atoms. The third kappa shape index (κ3) is 4.27. The number of amides is 1. The lowest BCUT2D eigenvalue weighted by Gasteiger charge is -2.08. The Morgan fingerprint density at radius 3 is 2.48 bits per heavy atom. The SMILES string of the molecule is O=C(O)CNc1cccc(NC(=O)c2ccccc2[N+](=O)[O-])c1. The summed E-state index contributed by atoms with van der Waals surface area (Å²) in [4.78, 5) is 33.0. The maximum absolute atomic E-state index is 12.2. The number of nitro benzene ring substituents is 1. The highest BCUT2D eigenvalue weighted by Gasteiger charge is 2.19. The van der Waals surface area contributed by atoms with Gasteiger partial charge in [0.2, 0.25) is 0 Å². The predicted molar refractivity (Wildman–Crippen MR) is 83.6 cm³/mol. The van der Waals surface area contributed by atoms with Crippen LogP contribution in [-0.2, 0) is 4.79 Å². The molecule has 2 aromatic carbocycles. The second-order valence-corrected chi connectivity index (χ2v) is 4.56. The first-order valence-corrected chi connectivity index (χ1v) is 6.58.